The van der Waals surface area contributed by atoms with Gasteiger partial charge in [0.2, 0.25) is 0 Å². The molecule has 5 nitrogen and oxygen atoms in total. The zero-order valence-electron chi connectivity index (χ0n) is 12.2. The summed E-state index contributed by atoms with van der Waals surface area (Å²) in [4.78, 5) is 10.8. The summed E-state index contributed by atoms with van der Waals surface area (Å²) in [5, 5.41) is 8.98. The molecule has 0 unspecified atom stereocenters. The van der Waals surface area contributed by atoms with Gasteiger partial charge < -0.3 is 5.11 Å². The number of sulfonamides is 1. The van der Waals surface area contributed by atoms with Crippen LogP contribution in [0.1, 0.15) is 22.8 Å². The van der Waals surface area contributed by atoms with E-state index >= 15 is 0 Å². The Morgan fingerprint density at radius 2 is 1.96 bits per heavy atom. The Balaban J connectivity index is 2.13. The van der Waals surface area contributed by atoms with Crippen LogP contribution in [0.5, 0.6) is 0 Å². The monoisotopic (exact) mass is 335 g/mol. The number of aromatic carboxylic acids is 1. The molecular formula is C16H14FNO4S. The standard InChI is InChI=1S/C16H14FNO4S/c1-10-8-11-4-2-3-5-15(11)18(10)23(21,22)12-6-7-14(17)13(9-12)16(19)20/h2-7,9-10H,8H2,1H3,(H,19,20)/t10-/m1/s1. The Hall–Kier alpha value is -2.41. The topological polar surface area (TPSA) is 74.7 Å². The third-order valence-corrected chi connectivity index (χ3v) is 5.79. The first-order chi connectivity index (χ1) is 10.8. The lowest BCUT2D eigenvalue weighted by atomic mass is 10.1. The second kappa shape index (κ2) is 5.34. The number of fused-ring (bicyclic) bond motifs is 1. The quantitative estimate of drug-likeness (QED) is 0.936. The minimum absolute atomic E-state index is 0.236. The van der Waals surface area contributed by atoms with Crippen molar-refractivity contribution in [3.8, 4) is 0 Å². The maximum atomic E-state index is 13.5. The van der Waals surface area contributed by atoms with Crippen LogP contribution in [0.25, 0.3) is 0 Å². The smallest absolute Gasteiger partial charge is 0.338 e. The van der Waals surface area contributed by atoms with Crippen LogP contribution in [-0.4, -0.2) is 25.5 Å². The average Bonchev–Trinajstić information content (AvgIpc) is 2.83. The van der Waals surface area contributed by atoms with Crippen molar-refractivity contribution in [2.45, 2.75) is 24.3 Å². The molecule has 2 aromatic carbocycles. The highest BCUT2D eigenvalue weighted by molar-refractivity contribution is 7.92. The molecule has 0 spiro atoms. The Kier molecular flexibility index (Phi) is 3.60. The van der Waals surface area contributed by atoms with Gasteiger partial charge in [-0.1, -0.05) is 18.2 Å². The van der Waals surface area contributed by atoms with Gasteiger partial charge in [-0.15, -0.1) is 0 Å². The number of rotatable bonds is 3. The lowest BCUT2D eigenvalue weighted by Crippen LogP contribution is -2.35. The fraction of sp³-hybridized carbons (Fsp3) is 0.188. The summed E-state index contributed by atoms with van der Waals surface area (Å²) in [5.74, 6) is -2.47. The van der Waals surface area contributed by atoms with Crippen LogP contribution >= 0.6 is 0 Å². The third kappa shape index (κ3) is 2.46. The summed E-state index contributed by atoms with van der Waals surface area (Å²) in [5.41, 5.74) is 0.816. The molecule has 0 fully saturated rings. The van der Waals surface area contributed by atoms with Gasteiger partial charge in [0.25, 0.3) is 10.0 Å². The summed E-state index contributed by atoms with van der Waals surface area (Å²) < 4.78 is 40.6. The third-order valence-electron chi connectivity index (χ3n) is 3.87. The number of halogens is 1. The van der Waals surface area contributed by atoms with Gasteiger partial charge in [-0.05, 0) is 43.2 Å². The summed E-state index contributed by atoms with van der Waals surface area (Å²) in [6.45, 7) is 1.78. The Labute approximate surface area is 133 Å². The first kappa shape index (κ1) is 15.5. The Bertz CT molecular complexity index is 895. The van der Waals surface area contributed by atoms with E-state index in [4.69, 9.17) is 5.11 Å². The van der Waals surface area contributed by atoms with Crippen LogP contribution in [0.4, 0.5) is 10.1 Å². The van der Waals surface area contributed by atoms with Gasteiger partial charge in [0, 0.05) is 6.04 Å². The first-order valence-corrected chi connectivity index (χ1v) is 8.41. The number of benzene rings is 2. The van der Waals surface area contributed by atoms with Crippen molar-refractivity contribution < 1.29 is 22.7 Å². The highest BCUT2D eigenvalue weighted by Gasteiger charge is 2.36. The van der Waals surface area contributed by atoms with Crippen LogP contribution in [-0.2, 0) is 16.4 Å². The number of para-hydroxylation sites is 1. The molecule has 0 radical (unpaired) electrons. The van der Waals surface area contributed by atoms with E-state index in [-0.39, 0.29) is 10.9 Å². The van der Waals surface area contributed by atoms with Crippen LogP contribution in [0.3, 0.4) is 0 Å². The van der Waals surface area contributed by atoms with Crippen molar-refractivity contribution >= 4 is 21.7 Å². The van der Waals surface area contributed by atoms with E-state index in [9.17, 15) is 17.6 Å². The molecule has 23 heavy (non-hydrogen) atoms. The van der Waals surface area contributed by atoms with E-state index in [1.807, 2.05) is 12.1 Å². The van der Waals surface area contributed by atoms with Gasteiger partial charge in [-0.25, -0.2) is 17.6 Å². The zero-order chi connectivity index (χ0) is 16.8. The van der Waals surface area contributed by atoms with Crippen molar-refractivity contribution in [3.05, 3.63) is 59.4 Å². The predicted molar refractivity (Wildman–Crippen MR) is 82.6 cm³/mol. The molecule has 0 aliphatic carbocycles. The zero-order valence-corrected chi connectivity index (χ0v) is 13.0. The molecule has 0 aromatic heterocycles. The molecule has 3 rings (SSSR count). The first-order valence-electron chi connectivity index (χ1n) is 6.97. The number of hydrogen-bond acceptors (Lipinski definition) is 3. The van der Waals surface area contributed by atoms with E-state index in [0.29, 0.717) is 12.1 Å². The highest BCUT2D eigenvalue weighted by Crippen LogP contribution is 2.36. The van der Waals surface area contributed by atoms with Gasteiger partial charge in [0.1, 0.15) is 5.82 Å². The number of hydrogen-bond donors (Lipinski definition) is 1. The molecule has 0 amide bonds. The lowest BCUT2D eigenvalue weighted by molar-refractivity contribution is 0.0691. The maximum Gasteiger partial charge on any atom is 0.338 e. The van der Waals surface area contributed by atoms with Gasteiger partial charge in [0.15, 0.2) is 0 Å². The molecule has 1 N–H and O–H groups in total. The molecule has 1 heterocycles. The minimum Gasteiger partial charge on any atom is -0.478 e. The minimum atomic E-state index is -3.97. The molecule has 120 valence electrons. The molecule has 1 atom stereocenters. The largest absolute Gasteiger partial charge is 0.478 e. The normalized spacial score (nSPS) is 17.1. The number of carboxylic acids is 1. The molecule has 0 saturated heterocycles. The van der Waals surface area contributed by atoms with Crippen LogP contribution in [0, 0.1) is 5.82 Å². The van der Waals surface area contributed by atoms with Crippen LogP contribution in [0.15, 0.2) is 47.4 Å². The summed E-state index contributed by atoms with van der Waals surface area (Å²) in [6.07, 6.45) is 0.572. The summed E-state index contributed by atoms with van der Waals surface area (Å²) in [6, 6.07) is 9.66. The van der Waals surface area contributed by atoms with Crippen molar-refractivity contribution in [2.24, 2.45) is 0 Å². The molecule has 7 heteroatoms. The Morgan fingerprint density at radius 3 is 2.65 bits per heavy atom. The summed E-state index contributed by atoms with van der Waals surface area (Å²) in [7, 11) is -3.97. The molecule has 1 aliphatic heterocycles. The SMILES string of the molecule is C[C@@H]1Cc2ccccc2N1S(=O)(=O)c1ccc(F)c(C(=O)O)c1. The van der Waals surface area contributed by atoms with Crippen LogP contribution in [0.2, 0.25) is 0 Å². The fourth-order valence-corrected chi connectivity index (χ4v) is 4.57. The van der Waals surface area contributed by atoms with E-state index < -0.39 is 27.4 Å². The van der Waals surface area contributed by atoms with E-state index in [1.165, 1.54) is 4.31 Å². The van der Waals surface area contributed by atoms with Crippen molar-refractivity contribution in [3.63, 3.8) is 0 Å². The van der Waals surface area contributed by atoms with Gasteiger partial charge in [-0.2, -0.15) is 0 Å². The number of carbonyl (C=O) groups is 1. The summed E-state index contributed by atoms with van der Waals surface area (Å²) >= 11 is 0. The van der Waals surface area contributed by atoms with E-state index in [0.717, 1.165) is 23.8 Å². The van der Waals surface area contributed by atoms with Crippen molar-refractivity contribution in [1.82, 2.24) is 0 Å². The van der Waals surface area contributed by atoms with E-state index in [1.54, 1.807) is 19.1 Å². The molecule has 0 bridgehead atoms. The van der Waals surface area contributed by atoms with Gasteiger partial charge in [-0.3, -0.25) is 4.31 Å². The number of nitrogens with zero attached hydrogens (tertiary/aromatic N) is 1. The fourth-order valence-electron chi connectivity index (χ4n) is 2.85. The van der Waals surface area contributed by atoms with E-state index in [2.05, 4.69) is 0 Å². The lowest BCUT2D eigenvalue weighted by Gasteiger charge is -2.24. The number of anilines is 1. The van der Waals surface area contributed by atoms with Crippen molar-refractivity contribution in [2.75, 3.05) is 4.31 Å². The number of carboxylic acid groups (broad SMARTS) is 1. The van der Waals surface area contributed by atoms with Gasteiger partial charge >= 0.3 is 5.97 Å². The van der Waals surface area contributed by atoms with Crippen LogP contribution < -0.4 is 4.31 Å². The molecular weight excluding hydrogens is 321 g/mol. The van der Waals surface area contributed by atoms with Gasteiger partial charge in [0.05, 0.1) is 16.1 Å². The molecule has 2 aromatic rings. The highest BCUT2D eigenvalue weighted by atomic mass is 32.2. The second-order valence-electron chi connectivity index (χ2n) is 5.43. The Morgan fingerprint density at radius 1 is 1.26 bits per heavy atom. The van der Waals surface area contributed by atoms with Crippen molar-refractivity contribution in [1.29, 1.82) is 0 Å². The maximum absolute atomic E-state index is 13.5. The predicted octanol–water partition coefficient (Wildman–Crippen LogP) is 2.66. The molecule has 0 saturated carbocycles. The second-order valence-corrected chi connectivity index (χ2v) is 7.24. The average molecular weight is 335 g/mol. The molecule has 1 aliphatic rings.